The molecule has 1 aromatic heterocycles. The van der Waals surface area contributed by atoms with Gasteiger partial charge in [0.1, 0.15) is 0 Å². The summed E-state index contributed by atoms with van der Waals surface area (Å²) in [4.78, 5) is 14.5. The van der Waals surface area contributed by atoms with Crippen LogP contribution in [-0.2, 0) is 0 Å². The van der Waals surface area contributed by atoms with E-state index < -0.39 is 0 Å². The molecule has 0 saturated carbocycles. The summed E-state index contributed by atoms with van der Waals surface area (Å²) in [6.45, 7) is 3.62. The molecule has 3 aromatic carbocycles. The largest absolute Gasteiger partial charge is 0.368 e. The van der Waals surface area contributed by atoms with E-state index in [9.17, 15) is 0 Å². The molecule has 2 heterocycles. The first-order chi connectivity index (χ1) is 14.7. The molecule has 1 aliphatic heterocycles. The van der Waals surface area contributed by atoms with Crippen LogP contribution in [0.5, 0.6) is 0 Å². The first-order valence-corrected chi connectivity index (χ1v) is 11.1. The number of piperazine rings is 1. The van der Waals surface area contributed by atoms with Gasteiger partial charge >= 0.3 is 0 Å². The van der Waals surface area contributed by atoms with Crippen LogP contribution in [-0.4, -0.2) is 36.1 Å². The Hall–Kier alpha value is -2.63. The van der Waals surface area contributed by atoms with Gasteiger partial charge < -0.3 is 9.80 Å². The maximum Gasteiger partial charge on any atom is 0.226 e. The summed E-state index contributed by atoms with van der Waals surface area (Å²) >= 11 is 10.1. The molecule has 0 radical (unpaired) electrons. The van der Waals surface area contributed by atoms with E-state index in [4.69, 9.17) is 21.6 Å². The summed E-state index contributed by atoms with van der Waals surface area (Å²) in [5.74, 6) is 0.757. The van der Waals surface area contributed by atoms with Crippen LogP contribution in [0.1, 0.15) is 0 Å². The Morgan fingerprint density at radius 3 is 2.23 bits per heavy atom. The molecule has 0 atom stereocenters. The number of hydrogen-bond donors (Lipinski definition) is 0. The molecule has 5 rings (SSSR count). The summed E-state index contributed by atoms with van der Waals surface area (Å²) in [6, 6.07) is 24.5. The highest BCUT2D eigenvalue weighted by molar-refractivity contribution is 9.10. The monoisotopic (exact) mass is 478 g/mol. The molecule has 1 fully saturated rings. The van der Waals surface area contributed by atoms with E-state index in [0.717, 1.165) is 58.8 Å². The standard InChI is InChI=1S/C24H20BrClN4/c25-17-10-11-22-20(16-17)23(19-8-4-5-9-21(19)26)28-24(27-22)30-14-12-29(13-15-30)18-6-2-1-3-7-18/h1-11,16H,12-15H2. The molecular weight excluding hydrogens is 460 g/mol. The number of fused-ring (bicyclic) bond motifs is 1. The summed E-state index contributed by atoms with van der Waals surface area (Å²) in [5, 5.41) is 1.68. The van der Waals surface area contributed by atoms with Crippen molar-refractivity contribution in [3.8, 4) is 11.3 Å². The van der Waals surface area contributed by atoms with E-state index in [1.807, 2.05) is 36.4 Å². The Kier molecular flexibility index (Phi) is 5.32. The van der Waals surface area contributed by atoms with Crippen molar-refractivity contribution in [1.29, 1.82) is 0 Å². The van der Waals surface area contributed by atoms with Crippen molar-refractivity contribution in [1.82, 2.24) is 9.97 Å². The number of halogens is 2. The number of hydrogen-bond acceptors (Lipinski definition) is 4. The number of rotatable bonds is 3. The van der Waals surface area contributed by atoms with Crippen LogP contribution < -0.4 is 9.80 Å². The average molecular weight is 480 g/mol. The summed E-state index contributed by atoms with van der Waals surface area (Å²) in [7, 11) is 0. The minimum absolute atomic E-state index is 0.692. The number of para-hydroxylation sites is 1. The lowest BCUT2D eigenvalue weighted by molar-refractivity contribution is 0.641. The normalized spacial score (nSPS) is 14.3. The fourth-order valence-corrected chi connectivity index (χ4v) is 4.48. The van der Waals surface area contributed by atoms with E-state index in [2.05, 4.69) is 62.1 Å². The summed E-state index contributed by atoms with van der Waals surface area (Å²) in [5.41, 5.74) is 3.98. The molecule has 4 aromatic rings. The predicted octanol–water partition coefficient (Wildman–Crippen LogP) is 6.04. The van der Waals surface area contributed by atoms with Gasteiger partial charge in [0.05, 0.1) is 11.2 Å². The van der Waals surface area contributed by atoms with Crippen molar-refractivity contribution in [3.05, 3.63) is 82.3 Å². The minimum atomic E-state index is 0.692. The van der Waals surface area contributed by atoms with Gasteiger partial charge in [-0.1, -0.05) is 63.9 Å². The van der Waals surface area contributed by atoms with Gasteiger partial charge in [-0.25, -0.2) is 9.97 Å². The molecule has 30 heavy (non-hydrogen) atoms. The first-order valence-electron chi connectivity index (χ1n) is 9.96. The molecule has 1 saturated heterocycles. The van der Waals surface area contributed by atoms with Crippen molar-refractivity contribution in [2.75, 3.05) is 36.0 Å². The third-order valence-electron chi connectivity index (χ3n) is 5.46. The molecule has 150 valence electrons. The van der Waals surface area contributed by atoms with Crippen LogP contribution in [0.3, 0.4) is 0 Å². The lowest BCUT2D eigenvalue weighted by Gasteiger charge is -2.36. The molecule has 0 amide bonds. The average Bonchev–Trinajstić information content (AvgIpc) is 2.80. The third-order valence-corrected chi connectivity index (χ3v) is 6.28. The van der Waals surface area contributed by atoms with Crippen LogP contribution in [0, 0.1) is 0 Å². The topological polar surface area (TPSA) is 32.3 Å². The van der Waals surface area contributed by atoms with Gasteiger partial charge in [0.25, 0.3) is 0 Å². The molecule has 0 bridgehead atoms. The summed E-state index contributed by atoms with van der Waals surface area (Å²) in [6.07, 6.45) is 0. The quantitative estimate of drug-likeness (QED) is 0.359. The highest BCUT2D eigenvalue weighted by Crippen LogP contribution is 2.34. The Morgan fingerprint density at radius 1 is 0.767 bits per heavy atom. The van der Waals surface area contributed by atoms with Gasteiger partial charge in [0.2, 0.25) is 5.95 Å². The number of anilines is 2. The zero-order valence-corrected chi connectivity index (χ0v) is 18.6. The molecule has 0 unspecified atom stereocenters. The minimum Gasteiger partial charge on any atom is -0.368 e. The maximum atomic E-state index is 6.53. The highest BCUT2D eigenvalue weighted by atomic mass is 79.9. The van der Waals surface area contributed by atoms with Crippen molar-refractivity contribution in [3.63, 3.8) is 0 Å². The third kappa shape index (κ3) is 3.75. The lowest BCUT2D eigenvalue weighted by Crippen LogP contribution is -2.47. The first kappa shape index (κ1) is 19.3. The van der Waals surface area contributed by atoms with E-state index in [1.54, 1.807) is 0 Å². The fourth-order valence-electron chi connectivity index (χ4n) is 3.89. The van der Waals surface area contributed by atoms with Gasteiger partial charge in [-0.2, -0.15) is 0 Å². The lowest BCUT2D eigenvalue weighted by atomic mass is 10.1. The predicted molar refractivity (Wildman–Crippen MR) is 129 cm³/mol. The van der Waals surface area contributed by atoms with Crippen molar-refractivity contribution in [2.24, 2.45) is 0 Å². The molecule has 6 heteroatoms. The number of nitrogens with zero attached hydrogens (tertiary/aromatic N) is 4. The fraction of sp³-hybridized carbons (Fsp3) is 0.167. The van der Waals surface area contributed by atoms with Gasteiger partial charge in [-0.05, 0) is 36.4 Å². The molecular formula is C24H20BrClN4. The van der Waals surface area contributed by atoms with E-state index in [-0.39, 0.29) is 0 Å². The van der Waals surface area contributed by atoms with Crippen LogP contribution in [0.25, 0.3) is 22.2 Å². The molecule has 0 N–H and O–H groups in total. The zero-order valence-electron chi connectivity index (χ0n) is 16.3. The Balaban J connectivity index is 1.51. The second kappa shape index (κ2) is 8.25. The van der Waals surface area contributed by atoms with Crippen molar-refractivity contribution in [2.45, 2.75) is 0 Å². The van der Waals surface area contributed by atoms with Gasteiger partial charge in [0.15, 0.2) is 0 Å². The second-order valence-electron chi connectivity index (χ2n) is 7.32. The molecule has 4 nitrogen and oxygen atoms in total. The zero-order chi connectivity index (χ0) is 20.5. The van der Waals surface area contributed by atoms with Crippen molar-refractivity contribution >= 4 is 50.1 Å². The van der Waals surface area contributed by atoms with Crippen LogP contribution >= 0.6 is 27.5 Å². The second-order valence-corrected chi connectivity index (χ2v) is 8.65. The molecule has 1 aliphatic rings. The molecule has 0 aliphatic carbocycles. The van der Waals surface area contributed by atoms with E-state index >= 15 is 0 Å². The van der Waals surface area contributed by atoms with E-state index in [0.29, 0.717) is 5.02 Å². The SMILES string of the molecule is Clc1ccccc1-c1nc(N2CCN(c3ccccc3)CC2)nc2ccc(Br)cc12. The smallest absolute Gasteiger partial charge is 0.226 e. The van der Waals surface area contributed by atoms with Crippen LogP contribution in [0.2, 0.25) is 5.02 Å². The van der Waals surface area contributed by atoms with Gasteiger partial charge in [0, 0.05) is 52.3 Å². The van der Waals surface area contributed by atoms with Gasteiger partial charge in [-0.15, -0.1) is 0 Å². The number of aromatic nitrogens is 2. The van der Waals surface area contributed by atoms with Crippen LogP contribution in [0.4, 0.5) is 11.6 Å². The highest BCUT2D eigenvalue weighted by Gasteiger charge is 2.21. The van der Waals surface area contributed by atoms with Crippen LogP contribution in [0.15, 0.2) is 77.3 Å². The number of benzene rings is 3. The maximum absolute atomic E-state index is 6.53. The van der Waals surface area contributed by atoms with E-state index in [1.165, 1.54) is 5.69 Å². The summed E-state index contributed by atoms with van der Waals surface area (Å²) < 4.78 is 0.996. The van der Waals surface area contributed by atoms with Crippen molar-refractivity contribution < 1.29 is 0 Å². The Bertz CT molecular complexity index is 1190. The van der Waals surface area contributed by atoms with Gasteiger partial charge in [-0.3, -0.25) is 0 Å². The Morgan fingerprint density at radius 2 is 1.47 bits per heavy atom. The molecule has 0 spiro atoms. The Labute approximate surface area is 189 Å².